The fourth-order valence-electron chi connectivity index (χ4n) is 2.95. The highest BCUT2D eigenvalue weighted by Gasteiger charge is 2.20. The Labute approximate surface area is 128 Å². The number of halogens is 1. The predicted octanol–water partition coefficient (Wildman–Crippen LogP) is 4.05. The fraction of sp³-hybridized carbons (Fsp3) is 0.353. The van der Waals surface area contributed by atoms with E-state index in [0.29, 0.717) is 12.1 Å². The van der Waals surface area contributed by atoms with E-state index in [-0.39, 0.29) is 0 Å². The monoisotopic (exact) mass is 330 g/mol. The molecule has 104 valence electrons. The summed E-state index contributed by atoms with van der Waals surface area (Å²) in [5, 5.41) is 3.74. The number of pyridine rings is 1. The SMILES string of the molecule is C[C@@H](NC1CCc2cc(Br)ccc2C1)c1cccnc1. The first-order valence-corrected chi connectivity index (χ1v) is 7.95. The van der Waals surface area contributed by atoms with Crippen molar-refractivity contribution in [2.45, 2.75) is 38.3 Å². The van der Waals surface area contributed by atoms with Crippen LogP contribution in [-0.2, 0) is 12.8 Å². The van der Waals surface area contributed by atoms with Crippen molar-refractivity contribution in [3.05, 3.63) is 63.9 Å². The minimum atomic E-state index is 0.352. The molecule has 2 nitrogen and oxygen atoms in total. The van der Waals surface area contributed by atoms with Gasteiger partial charge in [-0.3, -0.25) is 4.98 Å². The molecule has 1 aliphatic rings. The molecule has 2 aromatic rings. The van der Waals surface area contributed by atoms with Gasteiger partial charge in [0.15, 0.2) is 0 Å². The van der Waals surface area contributed by atoms with E-state index in [1.54, 1.807) is 0 Å². The summed E-state index contributed by atoms with van der Waals surface area (Å²) < 4.78 is 1.19. The van der Waals surface area contributed by atoms with Crippen LogP contribution >= 0.6 is 15.9 Å². The number of rotatable bonds is 3. The predicted molar refractivity (Wildman–Crippen MR) is 85.7 cm³/mol. The molecule has 0 saturated carbocycles. The van der Waals surface area contributed by atoms with Gasteiger partial charge in [-0.15, -0.1) is 0 Å². The molecule has 0 aliphatic heterocycles. The van der Waals surface area contributed by atoms with Gasteiger partial charge in [-0.2, -0.15) is 0 Å². The Bertz CT molecular complexity index is 583. The molecule has 1 unspecified atom stereocenters. The summed E-state index contributed by atoms with van der Waals surface area (Å²) in [7, 11) is 0. The van der Waals surface area contributed by atoms with Gasteiger partial charge in [0.05, 0.1) is 0 Å². The summed E-state index contributed by atoms with van der Waals surface area (Å²) in [4.78, 5) is 4.20. The van der Waals surface area contributed by atoms with Crippen molar-refractivity contribution < 1.29 is 0 Å². The summed E-state index contributed by atoms with van der Waals surface area (Å²) in [6.45, 7) is 2.22. The first-order chi connectivity index (χ1) is 9.72. The lowest BCUT2D eigenvalue weighted by molar-refractivity contribution is 0.413. The first-order valence-electron chi connectivity index (χ1n) is 7.15. The van der Waals surface area contributed by atoms with E-state index in [2.05, 4.69) is 57.4 Å². The normalized spacial score (nSPS) is 19.4. The van der Waals surface area contributed by atoms with Crippen LogP contribution in [0.1, 0.15) is 36.1 Å². The largest absolute Gasteiger partial charge is 0.307 e. The summed E-state index contributed by atoms with van der Waals surface area (Å²) in [5.41, 5.74) is 4.23. The lowest BCUT2D eigenvalue weighted by Crippen LogP contribution is -2.36. The van der Waals surface area contributed by atoms with Crippen molar-refractivity contribution in [2.24, 2.45) is 0 Å². The molecule has 1 aliphatic carbocycles. The van der Waals surface area contributed by atoms with Crippen LogP contribution < -0.4 is 5.32 Å². The zero-order valence-corrected chi connectivity index (χ0v) is 13.2. The van der Waals surface area contributed by atoms with Crippen molar-refractivity contribution in [1.29, 1.82) is 0 Å². The molecule has 20 heavy (non-hydrogen) atoms. The first kappa shape index (κ1) is 13.8. The van der Waals surface area contributed by atoms with E-state index >= 15 is 0 Å². The van der Waals surface area contributed by atoms with Crippen LogP contribution in [0.3, 0.4) is 0 Å². The smallest absolute Gasteiger partial charge is 0.0315 e. The molecule has 1 aromatic heterocycles. The number of benzene rings is 1. The van der Waals surface area contributed by atoms with Crippen LogP contribution in [-0.4, -0.2) is 11.0 Å². The van der Waals surface area contributed by atoms with E-state index < -0.39 is 0 Å². The van der Waals surface area contributed by atoms with Gasteiger partial charge in [0.1, 0.15) is 0 Å². The van der Waals surface area contributed by atoms with Gasteiger partial charge in [-0.25, -0.2) is 0 Å². The second-order valence-electron chi connectivity index (χ2n) is 5.53. The lowest BCUT2D eigenvalue weighted by atomic mass is 9.88. The van der Waals surface area contributed by atoms with E-state index in [4.69, 9.17) is 0 Å². The Balaban J connectivity index is 1.67. The third kappa shape index (κ3) is 3.10. The van der Waals surface area contributed by atoms with E-state index in [9.17, 15) is 0 Å². The van der Waals surface area contributed by atoms with Gasteiger partial charge in [-0.05, 0) is 61.1 Å². The van der Waals surface area contributed by atoms with E-state index in [1.165, 1.54) is 27.6 Å². The Morgan fingerprint density at radius 3 is 3.00 bits per heavy atom. The highest BCUT2D eigenvalue weighted by molar-refractivity contribution is 9.10. The van der Waals surface area contributed by atoms with Gasteiger partial charge in [-0.1, -0.05) is 28.1 Å². The molecule has 0 fully saturated rings. The van der Waals surface area contributed by atoms with Crippen LogP contribution in [0.25, 0.3) is 0 Å². The van der Waals surface area contributed by atoms with E-state index in [0.717, 1.165) is 12.8 Å². The number of nitrogens with zero attached hydrogens (tertiary/aromatic N) is 1. The number of aromatic nitrogens is 1. The van der Waals surface area contributed by atoms with Gasteiger partial charge in [0, 0.05) is 29.0 Å². The zero-order valence-electron chi connectivity index (χ0n) is 11.6. The molecule has 1 aromatic carbocycles. The maximum Gasteiger partial charge on any atom is 0.0315 e. The fourth-order valence-corrected chi connectivity index (χ4v) is 3.36. The highest BCUT2D eigenvalue weighted by atomic mass is 79.9. The summed E-state index contributed by atoms with van der Waals surface area (Å²) >= 11 is 3.55. The second-order valence-corrected chi connectivity index (χ2v) is 6.44. The molecule has 1 heterocycles. The molecule has 2 atom stereocenters. The topological polar surface area (TPSA) is 24.9 Å². The average Bonchev–Trinajstić information content (AvgIpc) is 2.48. The lowest BCUT2D eigenvalue weighted by Gasteiger charge is -2.28. The van der Waals surface area contributed by atoms with Gasteiger partial charge < -0.3 is 5.32 Å². The molecule has 0 saturated heterocycles. The number of aryl methyl sites for hydroxylation is 1. The van der Waals surface area contributed by atoms with Gasteiger partial charge in [0.25, 0.3) is 0 Å². The van der Waals surface area contributed by atoms with Crippen molar-refractivity contribution in [3.8, 4) is 0 Å². The Kier molecular flexibility index (Phi) is 4.18. The summed E-state index contributed by atoms with van der Waals surface area (Å²) in [6, 6.07) is 11.7. The summed E-state index contributed by atoms with van der Waals surface area (Å²) in [6.07, 6.45) is 7.25. The van der Waals surface area contributed by atoms with Crippen LogP contribution in [0.15, 0.2) is 47.2 Å². The molecule has 1 N–H and O–H groups in total. The minimum Gasteiger partial charge on any atom is -0.307 e. The Morgan fingerprint density at radius 2 is 2.20 bits per heavy atom. The molecular weight excluding hydrogens is 312 g/mol. The van der Waals surface area contributed by atoms with Crippen LogP contribution in [0.5, 0.6) is 0 Å². The maximum absolute atomic E-state index is 4.20. The number of hydrogen-bond donors (Lipinski definition) is 1. The molecule has 3 rings (SSSR count). The van der Waals surface area contributed by atoms with Gasteiger partial charge in [0.2, 0.25) is 0 Å². The van der Waals surface area contributed by atoms with Crippen molar-refractivity contribution in [2.75, 3.05) is 0 Å². The second kappa shape index (κ2) is 6.06. The van der Waals surface area contributed by atoms with Crippen molar-refractivity contribution in [1.82, 2.24) is 10.3 Å². The number of fused-ring (bicyclic) bond motifs is 1. The van der Waals surface area contributed by atoms with Gasteiger partial charge >= 0.3 is 0 Å². The quantitative estimate of drug-likeness (QED) is 0.918. The molecule has 3 heteroatoms. The molecule has 0 radical (unpaired) electrons. The molecular formula is C17H19BrN2. The van der Waals surface area contributed by atoms with Crippen LogP contribution in [0.4, 0.5) is 0 Å². The van der Waals surface area contributed by atoms with E-state index in [1.807, 2.05) is 18.5 Å². The summed E-state index contributed by atoms with van der Waals surface area (Å²) in [5.74, 6) is 0. The van der Waals surface area contributed by atoms with Crippen molar-refractivity contribution in [3.63, 3.8) is 0 Å². The third-order valence-electron chi connectivity index (χ3n) is 4.07. The average molecular weight is 331 g/mol. The molecule has 0 spiro atoms. The number of hydrogen-bond acceptors (Lipinski definition) is 2. The molecule has 0 amide bonds. The molecule has 0 bridgehead atoms. The maximum atomic E-state index is 4.20. The third-order valence-corrected chi connectivity index (χ3v) is 4.56. The van der Waals surface area contributed by atoms with Crippen LogP contribution in [0.2, 0.25) is 0 Å². The minimum absolute atomic E-state index is 0.352. The van der Waals surface area contributed by atoms with Crippen LogP contribution in [0, 0.1) is 0 Å². The van der Waals surface area contributed by atoms with Crippen molar-refractivity contribution >= 4 is 15.9 Å². The Morgan fingerprint density at radius 1 is 1.30 bits per heavy atom. The standard InChI is InChI=1S/C17H19BrN2/c1-12(15-3-2-8-19-11-15)20-17-7-5-13-9-16(18)6-4-14(13)10-17/h2-4,6,8-9,11-12,17,20H,5,7,10H2,1H3/t12-,17?/m1/s1. The highest BCUT2D eigenvalue weighted by Crippen LogP contribution is 2.26. The number of nitrogens with one attached hydrogen (secondary N) is 1. The Hall–Kier alpha value is -1.19. The zero-order chi connectivity index (χ0) is 13.9.